The summed E-state index contributed by atoms with van der Waals surface area (Å²) in [5.41, 5.74) is 6.82. The molecular formula is C18H18BrN3O3S. The van der Waals surface area contributed by atoms with E-state index < -0.39 is 5.91 Å². The lowest BCUT2D eigenvalue weighted by atomic mass is 10.1. The molecule has 2 aromatic carbocycles. The Morgan fingerprint density at radius 3 is 2.50 bits per heavy atom. The third kappa shape index (κ3) is 5.53. The van der Waals surface area contributed by atoms with Crippen molar-refractivity contribution in [2.45, 2.75) is 13.8 Å². The molecule has 2 amide bonds. The first-order valence-corrected chi connectivity index (χ1v) is 9.01. The van der Waals surface area contributed by atoms with Crippen LogP contribution in [0.2, 0.25) is 0 Å². The van der Waals surface area contributed by atoms with E-state index in [9.17, 15) is 9.59 Å². The molecule has 0 unspecified atom stereocenters. The van der Waals surface area contributed by atoms with Crippen molar-refractivity contribution >= 4 is 45.1 Å². The van der Waals surface area contributed by atoms with Crippen molar-refractivity contribution in [3.05, 3.63) is 63.6 Å². The SMILES string of the molecule is CCOc1cccc(C(=O)NC(=S)NNC(=O)c2ccc(C)c(Br)c2)c1. The van der Waals surface area contributed by atoms with Crippen LogP contribution < -0.4 is 20.9 Å². The van der Waals surface area contributed by atoms with E-state index >= 15 is 0 Å². The average Bonchev–Trinajstić information content (AvgIpc) is 2.62. The molecule has 6 nitrogen and oxygen atoms in total. The van der Waals surface area contributed by atoms with Crippen molar-refractivity contribution in [3.8, 4) is 5.75 Å². The van der Waals surface area contributed by atoms with Gasteiger partial charge in [0, 0.05) is 15.6 Å². The number of hydrogen-bond acceptors (Lipinski definition) is 4. The maximum atomic E-state index is 12.2. The molecule has 0 fully saturated rings. The molecule has 0 aromatic heterocycles. The summed E-state index contributed by atoms with van der Waals surface area (Å²) >= 11 is 8.41. The molecule has 8 heteroatoms. The summed E-state index contributed by atoms with van der Waals surface area (Å²) in [6.45, 7) is 4.29. The predicted molar refractivity (Wildman–Crippen MR) is 107 cm³/mol. The fraction of sp³-hybridized carbons (Fsp3) is 0.167. The zero-order chi connectivity index (χ0) is 19.1. The highest BCUT2D eigenvalue weighted by atomic mass is 79.9. The van der Waals surface area contributed by atoms with Crippen LogP contribution in [-0.2, 0) is 0 Å². The predicted octanol–water partition coefficient (Wildman–Crippen LogP) is 3.11. The highest BCUT2D eigenvalue weighted by molar-refractivity contribution is 9.10. The van der Waals surface area contributed by atoms with E-state index in [0.717, 1.165) is 10.0 Å². The van der Waals surface area contributed by atoms with Crippen LogP contribution in [-0.4, -0.2) is 23.5 Å². The van der Waals surface area contributed by atoms with Crippen molar-refractivity contribution in [2.75, 3.05) is 6.61 Å². The number of carbonyl (C=O) groups is 2. The fourth-order valence-corrected chi connectivity index (χ4v) is 2.54. The minimum atomic E-state index is -0.406. The molecule has 2 aromatic rings. The van der Waals surface area contributed by atoms with Crippen molar-refractivity contribution in [1.29, 1.82) is 0 Å². The van der Waals surface area contributed by atoms with Gasteiger partial charge >= 0.3 is 0 Å². The lowest BCUT2D eigenvalue weighted by Gasteiger charge is -2.12. The number of halogens is 1. The average molecular weight is 436 g/mol. The Morgan fingerprint density at radius 2 is 1.81 bits per heavy atom. The van der Waals surface area contributed by atoms with E-state index in [1.54, 1.807) is 36.4 Å². The number of nitrogens with one attached hydrogen (secondary N) is 3. The summed E-state index contributed by atoms with van der Waals surface area (Å²) in [6.07, 6.45) is 0. The number of ether oxygens (including phenoxy) is 1. The molecule has 0 aliphatic heterocycles. The Balaban J connectivity index is 1.89. The number of aryl methyl sites for hydroxylation is 1. The van der Waals surface area contributed by atoms with Crippen LogP contribution in [0.3, 0.4) is 0 Å². The lowest BCUT2D eigenvalue weighted by molar-refractivity contribution is 0.0934. The molecule has 0 saturated heterocycles. The molecule has 0 radical (unpaired) electrons. The first-order chi connectivity index (χ1) is 12.4. The first kappa shape index (κ1) is 19.9. The molecule has 0 heterocycles. The molecule has 0 aliphatic carbocycles. The number of benzene rings is 2. The Bertz CT molecular complexity index is 842. The summed E-state index contributed by atoms with van der Waals surface area (Å²) < 4.78 is 6.19. The Kier molecular flexibility index (Phi) is 7.11. The topological polar surface area (TPSA) is 79.5 Å². The van der Waals surface area contributed by atoms with Gasteiger partial charge in [0.15, 0.2) is 5.11 Å². The maximum absolute atomic E-state index is 12.2. The second kappa shape index (κ2) is 9.30. The second-order valence-electron chi connectivity index (χ2n) is 5.29. The number of carbonyl (C=O) groups excluding carboxylic acids is 2. The summed E-state index contributed by atoms with van der Waals surface area (Å²) in [7, 11) is 0. The summed E-state index contributed by atoms with van der Waals surface area (Å²) in [4.78, 5) is 24.3. The molecule has 2 rings (SSSR count). The lowest BCUT2D eigenvalue weighted by Crippen LogP contribution is -2.48. The van der Waals surface area contributed by atoms with Crippen LogP contribution >= 0.6 is 28.1 Å². The van der Waals surface area contributed by atoms with Gasteiger partial charge in [0.1, 0.15) is 5.75 Å². The largest absolute Gasteiger partial charge is 0.494 e. The van der Waals surface area contributed by atoms with Gasteiger partial charge in [-0.15, -0.1) is 0 Å². The zero-order valence-electron chi connectivity index (χ0n) is 14.3. The monoisotopic (exact) mass is 435 g/mol. The van der Waals surface area contributed by atoms with Crippen molar-refractivity contribution in [2.24, 2.45) is 0 Å². The molecule has 136 valence electrons. The molecule has 0 saturated carbocycles. The Labute approximate surface area is 165 Å². The van der Waals surface area contributed by atoms with Crippen molar-refractivity contribution < 1.29 is 14.3 Å². The van der Waals surface area contributed by atoms with Crippen LogP contribution in [0.1, 0.15) is 33.2 Å². The first-order valence-electron chi connectivity index (χ1n) is 7.81. The van der Waals surface area contributed by atoms with Crippen molar-refractivity contribution in [1.82, 2.24) is 16.2 Å². The Hall–Kier alpha value is -2.45. The van der Waals surface area contributed by atoms with E-state index in [1.165, 1.54) is 0 Å². The highest BCUT2D eigenvalue weighted by Gasteiger charge is 2.11. The minimum Gasteiger partial charge on any atom is -0.494 e. The molecule has 0 aliphatic rings. The molecule has 26 heavy (non-hydrogen) atoms. The van der Waals surface area contributed by atoms with Crippen LogP contribution in [0.25, 0.3) is 0 Å². The molecular weight excluding hydrogens is 418 g/mol. The van der Waals surface area contributed by atoms with E-state index in [0.29, 0.717) is 23.5 Å². The zero-order valence-corrected chi connectivity index (χ0v) is 16.7. The van der Waals surface area contributed by atoms with Gasteiger partial charge in [-0.1, -0.05) is 28.1 Å². The number of hydrogen-bond donors (Lipinski definition) is 3. The smallest absolute Gasteiger partial charge is 0.269 e. The van der Waals surface area contributed by atoms with E-state index in [1.807, 2.05) is 19.9 Å². The van der Waals surface area contributed by atoms with Gasteiger partial charge in [0.05, 0.1) is 6.61 Å². The Morgan fingerprint density at radius 1 is 1.08 bits per heavy atom. The third-order valence-electron chi connectivity index (χ3n) is 3.36. The van der Waals surface area contributed by atoms with Crippen LogP contribution in [0, 0.1) is 6.92 Å². The van der Waals surface area contributed by atoms with Gasteiger partial charge in [0.25, 0.3) is 11.8 Å². The van der Waals surface area contributed by atoms with Gasteiger partial charge in [-0.05, 0) is 62.0 Å². The molecule has 3 N–H and O–H groups in total. The second-order valence-corrected chi connectivity index (χ2v) is 6.55. The number of amides is 2. The summed E-state index contributed by atoms with van der Waals surface area (Å²) in [5, 5.41) is 2.48. The van der Waals surface area contributed by atoms with Crippen LogP contribution in [0.4, 0.5) is 0 Å². The van der Waals surface area contributed by atoms with Gasteiger partial charge in [-0.2, -0.15) is 0 Å². The van der Waals surface area contributed by atoms with E-state index in [4.69, 9.17) is 17.0 Å². The van der Waals surface area contributed by atoms with Crippen LogP contribution in [0.15, 0.2) is 46.9 Å². The van der Waals surface area contributed by atoms with Crippen LogP contribution in [0.5, 0.6) is 5.75 Å². The molecule has 0 bridgehead atoms. The minimum absolute atomic E-state index is 0.0173. The highest BCUT2D eigenvalue weighted by Crippen LogP contribution is 2.17. The summed E-state index contributed by atoms with van der Waals surface area (Å²) in [5.74, 6) is -0.186. The van der Waals surface area contributed by atoms with E-state index in [2.05, 4.69) is 32.1 Å². The standard InChI is InChI=1S/C18H18BrN3O3S/c1-3-25-14-6-4-5-12(9-14)16(23)20-18(26)22-21-17(24)13-8-7-11(2)15(19)10-13/h4-10H,3H2,1-2H3,(H,21,24)(H2,20,22,23,26). The quantitative estimate of drug-likeness (QED) is 0.507. The number of hydrazine groups is 1. The third-order valence-corrected chi connectivity index (χ3v) is 4.42. The van der Waals surface area contributed by atoms with Gasteiger partial charge in [-0.3, -0.25) is 25.8 Å². The molecule has 0 atom stereocenters. The number of rotatable bonds is 4. The van der Waals surface area contributed by atoms with Gasteiger partial charge < -0.3 is 4.74 Å². The summed E-state index contributed by atoms with van der Waals surface area (Å²) in [6, 6.07) is 12.0. The van der Waals surface area contributed by atoms with Gasteiger partial charge in [-0.25, -0.2) is 0 Å². The normalized spacial score (nSPS) is 9.96. The van der Waals surface area contributed by atoms with Crippen molar-refractivity contribution in [3.63, 3.8) is 0 Å². The fourth-order valence-electron chi connectivity index (χ4n) is 2.02. The number of thiocarbonyl (C=S) groups is 1. The maximum Gasteiger partial charge on any atom is 0.269 e. The van der Waals surface area contributed by atoms with E-state index in [-0.39, 0.29) is 11.0 Å². The molecule has 0 spiro atoms. The van der Waals surface area contributed by atoms with Gasteiger partial charge in [0.2, 0.25) is 0 Å².